The van der Waals surface area contributed by atoms with E-state index in [2.05, 4.69) is 13.8 Å². The van der Waals surface area contributed by atoms with Crippen LogP contribution >= 0.6 is 0 Å². The molecule has 0 saturated heterocycles. The number of hydrogen-bond donors (Lipinski definition) is 2. The number of rotatable bonds is 8. The zero-order valence-corrected chi connectivity index (χ0v) is 9.05. The van der Waals surface area contributed by atoms with Crippen molar-refractivity contribution in [3.05, 3.63) is 0 Å². The molecule has 0 bridgehead atoms. The van der Waals surface area contributed by atoms with Crippen LogP contribution in [0.1, 0.15) is 65.2 Å². The van der Waals surface area contributed by atoms with Gasteiger partial charge in [0.1, 0.15) is 0 Å². The first-order valence-electron chi connectivity index (χ1n) is 5.57. The summed E-state index contributed by atoms with van der Waals surface area (Å²) < 4.78 is 0. The summed E-state index contributed by atoms with van der Waals surface area (Å²) in [5.41, 5.74) is 0. The van der Waals surface area contributed by atoms with Crippen LogP contribution in [-0.2, 0) is 0 Å². The molecule has 0 rings (SSSR count). The van der Waals surface area contributed by atoms with Gasteiger partial charge in [-0.05, 0) is 12.8 Å². The molecule has 0 radical (unpaired) electrons. The fourth-order valence-electron chi connectivity index (χ4n) is 1.44. The van der Waals surface area contributed by atoms with Gasteiger partial charge in [-0.1, -0.05) is 39.5 Å². The normalized spacial score (nSPS) is 12.0. The lowest BCUT2D eigenvalue weighted by molar-refractivity contribution is -0.172. The van der Waals surface area contributed by atoms with E-state index >= 15 is 0 Å². The molecule has 0 fully saturated rings. The molecule has 80 valence electrons. The maximum atomic E-state index is 9.52. The summed E-state index contributed by atoms with van der Waals surface area (Å²) in [6.45, 7) is 4.24. The van der Waals surface area contributed by atoms with E-state index in [1.165, 1.54) is 0 Å². The summed E-state index contributed by atoms with van der Waals surface area (Å²) in [5.74, 6) is -1.40. The second-order valence-electron chi connectivity index (χ2n) is 3.90. The van der Waals surface area contributed by atoms with Crippen LogP contribution in [0.5, 0.6) is 0 Å². The molecule has 2 N–H and O–H groups in total. The van der Waals surface area contributed by atoms with E-state index in [9.17, 15) is 10.2 Å². The third-order valence-corrected chi connectivity index (χ3v) is 2.36. The smallest absolute Gasteiger partial charge is 0.162 e. The highest BCUT2D eigenvalue weighted by Crippen LogP contribution is 2.19. The Kier molecular flexibility index (Phi) is 7.29. The summed E-state index contributed by atoms with van der Waals surface area (Å²) in [7, 11) is 0. The first-order valence-corrected chi connectivity index (χ1v) is 5.57. The molecule has 0 aromatic heterocycles. The SMILES string of the molecule is CCCCCC(O)(O)CCCCC. The molecule has 0 aromatic carbocycles. The second-order valence-corrected chi connectivity index (χ2v) is 3.90. The molecule has 0 atom stereocenters. The van der Waals surface area contributed by atoms with Crippen molar-refractivity contribution in [2.45, 2.75) is 71.0 Å². The van der Waals surface area contributed by atoms with Crippen LogP contribution in [0.2, 0.25) is 0 Å². The molecule has 0 amide bonds. The summed E-state index contributed by atoms with van der Waals surface area (Å²) in [4.78, 5) is 0. The Morgan fingerprint density at radius 3 is 1.46 bits per heavy atom. The van der Waals surface area contributed by atoms with E-state index in [0.29, 0.717) is 12.8 Å². The molecule has 2 heteroatoms. The Labute approximate surface area is 82.0 Å². The Morgan fingerprint density at radius 1 is 0.769 bits per heavy atom. The van der Waals surface area contributed by atoms with Crippen molar-refractivity contribution >= 4 is 0 Å². The van der Waals surface area contributed by atoms with Gasteiger partial charge in [0, 0.05) is 12.8 Å². The minimum Gasteiger partial charge on any atom is -0.366 e. The molecule has 0 heterocycles. The van der Waals surface area contributed by atoms with Crippen LogP contribution in [0.25, 0.3) is 0 Å². The molecular weight excluding hydrogens is 164 g/mol. The van der Waals surface area contributed by atoms with Crippen LogP contribution in [0, 0.1) is 0 Å². The highest BCUT2D eigenvalue weighted by atomic mass is 16.5. The van der Waals surface area contributed by atoms with Crippen molar-refractivity contribution in [3.8, 4) is 0 Å². The molecule has 0 unspecified atom stereocenters. The van der Waals surface area contributed by atoms with E-state index in [4.69, 9.17) is 0 Å². The number of aliphatic hydroxyl groups is 2. The van der Waals surface area contributed by atoms with E-state index < -0.39 is 5.79 Å². The van der Waals surface area contributed by atoms with E-state index in [1.807, 2.05) is 0 Å². The molecule has 2 nitrogen and oxygen atoms in total. The van der Waals surface area contributed by atoms with Crippen molar-refractivity contribution in [1.29, 1.82) is 0 Å². The lowest BCUT2D eigenvalue weighted by Gasteiger charge is -2.21. The first-order chi connectivity index (χ1) is 6.12. The van der Waals surface area contributed by atoms with Crippen molar-refractivity contribution in [2.75, 3.05) is 0 Å². The third kappa shape index (κ3) is 8.26. The van der Waals surface area contributed by atoms with Gasteiger partial charge in [0.25, 0.3) is 0 Å². The molecule has 13 heavy (non-hydrogen) atoms. The summed E-state index contributed by atoms with van der Waals surface area (Å²) in [5, 5.41) is 19.0. The molecule has 0 aliphatic rings. The molecule has 0 aliphatic carbocycles. The predicted octanol–water partition coefficient (Wildman–Crippen LogP) is 2.83. The van der Waals surface area contributed by atoms with E-state index in [1.54, 1.807) is 0 Å². The highest BCUT2D eigenvalue weighted by Gasteiger charge is 2.20. The predicted molar refractivity (Wildman–Crippen MR) is 55.5 cm³/mol. The standard InChI is InChI=1S/C11H24O2/c1-3-5-7-9-11(12,13)10-8-6-4-2/h12-13H,3-10H2,1-2H3. The fourth-order valence-corrected chi connectivity index (χ4v) is 1.44. The van der Waals surface area contributed by atoms with E-state index in [0.717, 1.165) is 38.5 Å². The van der Waals surface area contributed by atoms with Gasteiger partial charge in [0.15, 0.2) is 5.79 Å². The largest absolute Gasteiger partial charge is 0.366 e. The van der Waals surface area contributed by atoms with Crippen molar-refractivity contribution in [2.24, 2.45) is 0 Å². The monoisotopic (exact) mass is 188 g/mol. The van der Waals surface area contributed by atoms with Crippen molar-refractivity contribution in [3.63, 3.8) is 0 Å². The Bertz CT molecular complexity index is 98.7. The van der Waals surface area contributed by atoms with Gasteiger partial charge < -0.3 is 10.2 Å². The molecule has 0 aromatic rings. The number of unbranched alkanes of at least 4 members (excludes halogenated alkanes) is 4. The Balaban J connectivity index is 3.42. The minimum atomic E-state index is -1.40. The minimum absolute atomic E-state index is 0.532. The van der Waals surface area contributed by atoms with Crippen LogP contribution in [-0.4, -0.2) is 16.0 Å². The van der Waals surface area contributed by atoms with Crippen molar-refractivity contribution in [1.82, 2.24) is 0 Å². The van der Waals surface area contributed by atoms with Gasteiger partial charge in [-0.15, -0.1) is 0 Å². The molecule has 0 aliphatic heterocycles. The molecule has 0 saturated carbocycles. The van der Waals surface area contributed by atoms with Gasteiger partial charge in [-0.3, -0.25) is 0 Å². The zero-order chi connectivity index (χ0) is 10.2. The lowest BCUT2D eigenvalue weighted by atomic mass is 10.0. The summed E-state index contributed by atoms with van der Waals surface area (Å²) in [6, 6.07) is 0. The summed E-state index contributed by atoms with van der Waals surface area (Å²) >= 11 is 0. The third-order valence-electron chi connectivity index (χ3n) is 2.36. The molecule has 0 spiro atoms. The van der Waals surface area contributed by atoms with Crippen molar-refractivity contribution < 1.29 is 10.2 Å². The van der Waals surface area contributed by atoms with Crippen LogP contribution in [0.15, 0.2) is 0 Å². The van der Waals surface area contributed by atoms with Gasteiger partial charge in [-0.2, -0.15) is 0 Å². The van der Waals surface area contributed by atoms with Gasteiger partial charge in [0.05, 0.1) is 0 Å². The van der Waals surface area contributed by atoms with Crippen LogP contribution in [0.3, 0.4) is 0 Å². The maximum absolute atomic E-state index is 9.52. The zero-order valence-electron chi connectivity index (χ0n) is 9.05. The Hall–Kier alpha value is -0.0800. The molecular formula is C11H24O2. The van der Waals surface area contributed by atoms with Crippen LogP contribution < -0.4 is 0 Å². The average molecular weight is 188 g/mol. The van der Waals surface area contributed by atoms with Gasteiger partial charge in [-0.25, -0.2) is 0 Å². The first kappa shape index (κ1) is 12.9. The lowest BCUT2D eigenvalue weighted by Crippen LogP contribution is -2.27. The maximum Gasteiger partial charge on any atom is 0.162 e. The van der Waals surface area contributed by atoms with Gasteiger partial charge >= 0.3 is 0 Å². The fraction of sp³-hybridized carbons (Fsp3) is 1.00. The van der Waals surface area contributed by atoms with Crippen LogP contribution in [0.4, 0.5) is 0 Å². The van der Waals surface area contributed by atoms with E-state index in [-0.39, 0.29) is 0 Å². The topological polar surface area (TPSA) is 40.5 Å². The quantitative estimate of drug-likeness (QED) is 0.454. The summed E-state index contributed by atoms with van der Waals surface area (Å²) in [6.07, 6.45) is 7.36. The second kappa shape index (κ2) is 7.34. The number of hydrogen-bond acceptors (Lipinski definition) is 2. The highest BCUT2D eigenvalue weighted by molar-refractivity contribution is 4.64. The van der Waals surface area contributed by atoms with Gasteiger partial charge in [0.2, 0.25) is 0 Å². The average Bonchev–Trinajstić information content (AvgIpc) is 2.05. The Morgan fingerprint density at radius 2 is 1.15 bits per heavy atom.